The van der Waals surface area contributed by atoms with Gasteiger partial charge in [0.05, 0.1) is 10.6 Å². The van der Waals surface area contributed by atoms with E-state index in [1.165, 1.54) is 0 Å². The van der Waals surface area contributed by atoms with Crippen LogP contribution in [0.3, 0.4) is 0 Å². The molecule has 0 radical (unpaired) electrons. The summed E-state index contributed by atoms with van der Waals surface area (Å²) in [4.78, 5) is 14.0. The van der Waals surface area contributed by atoms with E-state index in [9.17, 15) is 0 Å². The smallest absolute Gasteiger partial charge is 0.123 e. The van der Waals surface area contributed by atoms with Crippen molar-refractivity contribution in [1.82, 2.24) is 4.98 Å². The summed E-state index contributed by atoms with van der Waals surface area (Å²) in [6.07, 6.45) is 0. The number of thiazole rings is 1. The molecule has 0 saturated heterocycles. The molecule has 90 valence electrons. The van der Waals surface area contributed by atoms with Gasteiger partial charge in [0, 0.05) is 5.56 Å². The summed E-state index contributed by atoms with van der Waals surface area (Å²) < 4.78 is 0. The minimum Gasteiger partial charge on any atom is -0.241 e. The molecule has 0 unspecified atom stereocenters. The van der Waals surface area contributed by atoms with Crippen LogP contribution in [0.4, 0.5) is 0 Å². The van der Waals surface area contributed by atoms with Crippen LogP contribution in [0.15, 0.2) is 30.3 Å². The minimum atomic E-state index is 0.257. The Bertz CT molecular complexity index is 473. The van der Waals surface area contributed by atoms with E-state index >= 15 is 0 Å². The molecule has 1 aromatic carbocycles. The lowest BCUT2D eigenvalue weighted by Crippen LogP contribution is -2.01. The van der Waals surface area contributed by atoms with Crippen molar-refractivity contribution in [1.29, 1.82) is 0 Å². The number of nitrogens with two attached hydrogens (primary N) is 1. The lowest BCUT2D eigenvalue weighted by Gasteiger charge is -1.96. The number of aryl methyl sites for hydroxylation is 1. The van der Waals surface area contributed by atoms with Gasteiger partial charge in [0.1, 0.15) is 11.6 Å². The Labute approximate surface area is 103 Å². The molecule has 5 nitrogen and oxygen atoms in total. The summed E-state index contributed by atoms with van der Waals surface area (Å²) in [5.41, 5.74) is 2.00. The van der Waals surface area contributed by atoms with Crippen LogP contribution in [-0.4, -0.2) is 4.98 Å². The van der Waals surface area contributed by atoms with Crippen LogP contribution in [0.25, 0.3) is 10.6 Å². The summed E-state index contributed by atoms with van der Waals surface area (Å²) in [5.74, 6) is 4.67. The van der Waals surface area contributed by atoms with E-state index in [1.54, 1.807) is 11.3 Å². The van der Waals surface area contributed by atoms with Gasteiger partial charge in [0.15, 0.2) is 0 Å². The predicted octanol–water partition coefficient (Wildman–Crippen LogP) is 2.37. The predicted molar refractivity (Wildman–Crippen MR) is 63.4 cm³/mol. The average Bonchev–Trinajstić information content (AvgIpc) is 2.73. The normalized spacial score (nSPS) is 10.7. The fraction of sp³-hybridized carbons (Fsp3) is 0.182. The Morgan fingerprint density at radius 1 is 1.29 bits per heavy atom. The molecule has 2 rings (SSSR count). The van der Waals surface area contributed by atoms with Gasteiger partial charge in [-0.15, -0.1) is 16.3 Å². The molecule has 0 bridgehead atoms. The van der Waals surface area contributed by atoms with Crippen molar-refractivity contribution in [3.8, 4) is 10.6 Å². The Kier molecular flexibility index (Phi) is 4.18. The number of benzene rings is 1. The van der Waals surface area contributed by atoms with Crippen LogP contribution in [0.5, 0.6) is 0 Å². The van der Waals surface area contributed by atoms with Crippen molar-refractivity contribution in [3.05, 3.63) is 40.9 Å². The second kappa shape index (κ2) is 5.85. The summed E-state index contributed by atoms with van der Waals surface area (Å²) >= 11 is 1.55. The molecule has 0 fully saturated rings. The van der Waals surface area contributed by atoms with Crippen LogP contribution in [0.1, 0.15) is 10.6 Å². The van der Waals surface area contributed by atoms with E-state index in [0.717, 1.165) is 21.1 Å². The van der Waals surface area contributed by atoms with Crippen molar-refractivity contribution >= 4 is 11.3 Å². The first-order chi connectivity index (χ1) is 8.31. The molecule has 2 aromatic rings. The van der Waals surface area contributed by atoms with E-state index in [4.69, 9.17) is 4.89 Å². The fourth-order valence-corrected chi connectivity index (χ4v) is 2.34. The molecule has 0 aliphatic carbocycles. The first-order valence-corrected chi connectivity index (χ1v) is 5.79. The van der Waals surface area contributed by atoms with E-state index in [-0.39, 0.29) is 6.61 Å². The van der Waals surface area contributed by atoms with Crippen LogP contribution >= 0.6 is 11.3 Å². The Hall–Kier alpha value is -1.31. The highest BCUT2D eigenvalue weighted by molar-refractivity contribution is 7.15. The molecule has 0 amide bonds. The zero-order chi connectivity index (χ0) is 12.1. The number of hydrogen-bond acceptors (Lipinski definition) is 6. The summed E-state index contributed by atoms with van der Waals surface area (Å²) in [6, 6.07) is 9.96. The maximum absolute atomic E-state index is 4.72. The quantitative estimate of drug-likeness (QED) is 0.502. The second-order valence-corrected chi connectivity index (χ2v) is 4.40. The van der Waals surface area contributed by atoms with Crippen molar-refractivity contribution in [2.75, 3.05) is 0 Å². The van der Waals surface area contributed by atoms with Gasteiger partial charge in [-0.05, 0) is 12.0 Å². The zero-order valence-corrected chi connectivity index (χ0v) is 10.1. The van der Waals surface area contributed by atoms with E-state index in [2.05, 4.69) is 20.9 Å². The summed E-state index contributed by atoms with van der Waals surface area (Å²) in [7, 11) is 0. The van der Waals surface area contributed by atoms with Gasteiger partial charge in [-0.2, -0.15) is 10.8 Å². The summed E-state index contributed by atoms with van der Waals surface area (Å²) in [5, 5.41) is 5.12. The van der Waals surface area contributed by atoms with Gasteiger partial charge in [0.2, 0.25) is 0 Å². The first kappa shape index (κ1) is 12.2. The Morgan fingerprint density at radius 2 is 2.06 bits per heavy atom. The molecule has 17 heavy (non-hydrogen) atoms. The van der Waals surface area contributed by atoms with Gasteiger partial charge in [-0.3, -0.25) is 0 Å². The number of nitrogens with zero attached hydrogens (tertiary/aromatic N) is 1. The van der Waals surface area contributed by atoms with Gasteiger partial charge in [0.25, 0.3) is 0 Å². The maximum Gasteiger partial charge on any atom is 0.123 e. The molecule has 6 heteroatoms. The van der Waals surface area contributed by atoms with Gasteiger partial charge in [-0.25, -0.2) is 4.98 Å². The van der Waals surface area contributed by atoms with Crippen LogP contribution in [-0.2, 0) is 21.5 Å². The van der Waals surface area contributed by atoms with Gasteiger partial charge < -0.3 is 0 Å². The molecule has 0 aliphatic rings. The van der Waals surface area contributed by atoms with Crippen molar-refractivity contribution in [2.45, 2.75) is 13.5 Å². The number of hydrogen-bond donors (Lipinski definition) is 1. The summed E-state index contributed by atoms with van der Waals surface area (Å²) in [6.45, 7) is 2.18. The van der Waals surface area contributed by atoms with Crippen molar-refractivity contribution in [3.63, 3.8) is 0 Å². The highest BCUT2D eigenvalue weighted by Crippen LogP contribution is 2.28. The van der Waals surface area contributed by atoms with E-state index in [1.807, 2.05) is 37.3 Å². The molecule has 1 aromatic heterocycles. The van der Waals surface area contributed by atoms with E-state index in [0.29, 0.717) is 0 Å². The number of rotatable bonds is 5. The molecule has 2 N–H and O–H groups in total. The Morgan fingerprint density at radius 3 is 2.76 bits per heavy atom. The van der Waals surface area contributed by atoms with E-state index < -0.39 is 0 Å². The first-order valence-electron chi connectivity index (χ1n) is 4.98. The third kappa shape index (κ3) is 3.09. The topological polar surface area (TPSA) is 66.6 Å². The highest BCUT2D eigenvalue weighted by Gasteiger charge is 2.09. The Balaban J connectivity index is 2.13. The average molecular weight is 252 g/mol. The standard InChI is InChI=1S/C11H12N2O3S/c1-8-10(7-14-16-15-12)17-11(13-8)9-5-3-2-4-6-9/h2-6H,7,12H2,1H3. The fourth-order valence-electron chi connectivity index (χ4n) is 1.37. The monoisotopic (exact) mass is 252 g/mol. The largest absolute Gasteiger partial charge is 0.241 e. The van der Waals surface area contributed by atoms with Gasteiger partial charge in [-0.1, -0.05) is 30.3 Å². The van der Waals surface area contributed by atoms with Crippen molar-refractivity contribution in [2.24, 2.45) is 5.90 Å². The molecular formula is C11H12N2O3S. The van der Waals surface area contributed by atoms with Crippen LogP contribution in [0.2, 0.25) is 0 Å². The molecule has 0 atom stereocenters. The van der Waals surface area contributed by atoms with Gasteiger partial charge >= 0.3 is 0 Å². The molecule has 0 aliphatic heterocycles. The molecule has 1 heterocycles. The third-order valence-electron chi connectivity index (χ3n) is 2.19. The lowest BCUT2D eigenvalue weighted by molar-refractivity contribution is -0.521. The molecule has 0 saturated carbocycles. The SMILES string of the molecule is Cc1nc(-c2ccccc2)sc1COOON. The van der Waals surface area contributed by atoms with Crippen molar-refractivity contribution < 1.29 is 14.9 Å². The maximum atomic E-state index is 4.72. The molecule has 0 spiro atoms. The minimum absolute atomic E-state index is 0.257. The third-order valence-corrected chi connectivity index (χ3v) is 3.37. The number of aromatic nitrogens is 1. The zero-order valence-electron chi connectivity index (χ0n) is 9.25. The van der Waals surface area contributed by atoms with Crippen LogP contribution in [0, 0.1) is 6.92 Å². The molecular weight excluding hydrogens is 240 g/mol. The second-order valence-electron chi connectivity index (χ2n) is 3.32. The highest BCUT2D eigenvalue weighted by atomic mass is 32.1. The lowest BCUT2D eigenvalue weighted by atomic mass is 10.2. The van der Waals surface area contributed by atoms with Crippen LogP contribution < -0.4 is 5.90 Å².